The van der Waals surface area contributed by atoms with Crippen LogP contribution in [-0.2, 0) is 32.6 Å². The average molecular weight is 669 g/mol. The number of sulfonamides is 1. The highest BCUT2D eigenvalue weighted by Gasteiger charge is 2.34. The van der Waals surface area contributed by atoms with Crippen molar-refractivity contribution in [2.75, 3.05) is 17.1 Å². The van der Waals surface area contributed by atoms with Gasteiger partial charge in [0.25, 0.3) is 0 Å². The molecule has 3 aromatic rings. The summed E-state index contributed by atoms with van der Waals surface area (Å²) in [7, 11) is -3.83. The maximum Gasteiger partial charge on any atom is 0.244 e. The largest absolute Gasteiger partial charge is 0.352 e. The van der Waals surface area contributed by atoms with Crippen molar-refractivity contribution < 1.29 is 18.0 Å². The third-order valence-electron chi connectivity index (χ3n) is 8.00. The quantitative estimate of drug-likeness (QED) is 0.241. The summed E-state index contributed by atoms with van der Waals surface area (Å²) in [5, 5.41) is 3.24. The Labute approximate surface area is 264 Å². The Morgan fingerprint density at radius 3 is 2.14 bits per heavy atom. The predicted octanol–water partition coefficient (Wildman–Crippen LogP) is 6.43. The van der Waals surface area contributed by atoms with Gasteiger partial charge in [0.15, 0.2) is 0 Å². The molecule has 2 amide bonds. The Bertz CT molecular complexity index is 1470. The molecule has 1 fully saturated rings. The number of nitrogens with zero attached hydrogens (tertiary/aromatic N) is 2. The van der Waals surface area contributed by atoms with Crippen molar-refractivity contribution in [3.8, 4) is 0 Å². The van der Waals surface area contributed by atoms with Crippen molar-refractivity contribution >= 4 is 43.5 Å². The maximum atomic E-state index is 14.4. The van der Waals surface area contributed by atoms with Crippen LogP contribution in [0, 0.1) is 0 Å². The van der Waals surface area contributed by atoms with Gasteiger partial charge < -0.3 is 10.2 Å². The van der Waals surface area contributed by atoms with Gasteiger partial charge in [-0.15, -0.1) is 0 Å². The first-order chi connectivity index (χ1) is 20.5. The number of para-hydroxylation sites is 1. The van der Waals surface area contributed by atoms with Gasteiger partial charge >= 0.3 is 0 Å². The minimum absolute atomic E-state index is 0.0431. The van der Waals surface area contributed by atoms with Crippen LogP contribution in [0.25, 0.3) is 0 Å². The van der Waals surface area contributed by atoms with Gasteiger partial charge in [0.2, 0.25) is 21.8 Å². The fraction of sp³-hybridized carbons (Fsp3) is 0.412. The van der Waals surface area contributed by atoms with Crippen molar-refractivity contribution in [3.05, 3.63) is 100 Å². The number of amides is 2. The molecule has 0 aromatic heterocycles. The van der Waals surface area contributed by atoms with Gasteiger partial charge in [-0.05, 0) is 53.6 Å². The van der Waals surface area contributed by atoms with Crippen LogP contribution in [0.4, 0.5) is 5.69 Å². The molecule has 0 saturated heterocycles. The zero-order chi connectivity index (χ0) is 31.0. The molecule has 0 radical (unpaired) electrons. The normalized spacial score (nSPS) is 14.7. The highest BCUT2D eigenvalue weighted by atomic mass is 79.9. The summed E-state index contributed by atoms with van der Waals surface area (Å²) in [6.45, 7) is 3.73. The summed E-state index contributed by atoms with van der Waals surface area (Å²) < 4.78 is 28.5. The van der Waals surface area contributed by atoms with E-state index >= 15 is 0 Å². The van der Waals surface area contributed by atoms with Crippen LogP contribution >= 0.6 is 15.9 Å². The topological polar surface area (TPSA) is 86.8 Å². The Morgan fingerprint density at radius 2 is 1.51 bits per heavy atom. The second kappa shape index (κ2) is 15.0. The lowest BCUT2D eigenvalue weighted by Gasteiger charge is -2.35. The van der Waals surface area contributed by atoms with Crippen LogP contribution in [0.3, 0.4) is 0 Å². The fourth-order valence-electron chi connectivity index (χ4n) is 5.68. The first kappa shape index (κ1) is 32.7. The van der Waals surface area contributed by atoms with E-state index in [4.69, 9.17) is 0 Å². The van der Waals surface area contributed by atoms with E-state index in [1.165, 1.54) is 4.31 Å². The van der Waals surface area contributed by atoms with Gasteiger partial charge in [0.1, 0.15) is 12.6 Å². The molecule has 0 spiro atoms. The summed E-state index contributed by atoms with van der Waals surface area (Å²) >= 11 is 3.47. The van der Waals surface area contributed by atoms with E-state index in [9.17, 15) is 18.0 Å². The highest BCUT2D eigenvalue weighted by molar-refractivity contribution is 9.10. The van der Waals surface area contributed by atoms with Crippen LogP contribution in [0.15, 0.2) is 83.3 Å². The molecule has 1 saturated carbocycles. The van der Waals surface area contributed by atoms with Gasteiger partial charge in [-0.2, -0.15) is 0 Å². The van der Waals surface area contributed by atoms with Gasteiger partial charge in [-0.3, -0.25) is 13.9 Å². The molecular weight excluding hydrogens is 626 g/mol. The van der Waals surface area contributed by atoms with Gasteiger partial charge in [-0.1, -0.05) is 110 Å². The van der Waals surface area contributed by atoms with Crippen molar-refractivity contribution in [2.24, 2.45) is 0 Å². The van der Waals surface area contributed by atoms with Crippen molar-refractivity contribution in [1.82, 2.24) is 10.2 Å². The number of benzene rings is 3. The number of carbonyl (C=O) groups is 2. The minimum Gasteiger partial charge on any atom is -0.352 e. The molecule has 1 N–H and O–H groups in total. The van der Waals surface area contributed by atoms with E-state index in [-0.39, 0.29) is 24.4 Å². The van der Waals surface area contributed by atoms with Crippen LogP contribution in [-0.4, -0.2) is 50.0 Å². The zero-order valence-electron chi connectivity index (χ0n) is 25.2. The Kier molecular flexibility index (Phi) is 11.4. The molecule has 0 aliphatic heterocycles. The Hall–Kier alpha value is -3.17. The molecule has 1 aliphatic carbocycles. The molecule has 9 heteroatoms. The molecule has 0 heterocycles. The molecule has 0 unspecified atom stereocenters. The number of halogens is 1. The standard InChI is InChI=1S/C34H42BrN3O4S/c1-25(2)30-16-10-11-17-31(30)38(43(3,41)42)24-33(39)37(23-27-18-20-28(35)21-19-27)32(22-26-12-6-4-7-13-26)34(40)36-29-14-8-5-9-15-29/h4,6-7,10-13,16-21,25,29,32H,5,8-9,14-15,22-24H2,1-3H3,(H,36,40)/t32-/m1/s1. The summed E-state index contributed by atoms with van der Waals surface area (Å²) in [6.07, 6.45) is 6.55. The van der Waals surface area contributed by atoms with Gasteiger partial charge in [0, 0.05) is 23.5 Å². The van der Waals surface area contributed by atoms with Crippen molar-refractivity contribution in [2.45, 2.75) is 76.9 Å². The molecule has 230 valence electrons. The molecule has 1 aliphatic rings. The monoisotopic (exact) mass is 667 g/mol. The Morgan fingerprint density at radius 1 is 0.884 bits per heavy atom. The summed E-state index contributed by atoms with van der Waals surface area (Å²) in [6, 6.07) is 23.8. The van der Waals surface area contributed by atoms with Crippen LogP contribution < -0.4 is 9.62 Å². The summed E-state index contributed by atoms with van der Waals surface area (Å²) in [4.78, 5) is 30.0. The zero-order valence-corrected chi connectivity index (χ0v) is 27.6. The lowest BCUT2D eigenvalue weighted by Crippen LogP contribution is -2.55. The SMILES string of the molecule is CC(C)c1ccccc1N(CC(=O)N(Cc1ccc(Br)cc1)[C@H](Cc1ccccc1)C(=O)NC1CCCCC1)S(C)(=O)=O. The van der Waals surface area contributed by atoms with E-state index in [1.54, 1.807) is 17.0 Å². The molecule has 0 bridgehead atoms. The molecule has 7 nitrogen and oxygen atoms in total. The summed E-state index contributed by atoms with van der Waals surface area (Å²) in [5.41, 5.74) is 3.07. The predicted molar refractivity (Wildman–Crippen MR) is 176 cm³/mol. The number of anilines is 1. The molecule has 3 aromatic carbocycles. The number of hydrogen-bond donors (Lipinski definition) is 1. The summed E-state index contributed by atoms with van der Waals surface area (Å²) in [5.74, 6) is -0.608. The Balaban J connectivity index is 1.74. The third-order valence-corrected chi connectivity index (χ3v) is 9.65. The van der Waals surface area contributed by atoms with Crippen molar-refractivity contribution in [3.63, 3.8) is 0 Å². The minimum atomic E-state index is -3.83. The van der Waals surface area contributed by atoms with Gasteiger partial charge in [0.05, 0.1) is 11.9 Å². The molecular formula is C34H42BrN3O4S. The lowest BCUT2D eigenvalue weighted by molar-refractivity contribution is -0.140. The van der Waals surface area contributed by atoms with Gasteiger partial charge in [-0.25, -0.2) is 8.42 Å². The second-order valence-electron chi connectivity index (χ2n) is 11.7. The van der Waals surface area contributed by atoms with E-state index in [1.807, 2.05) is 80.6 Å². The lowest BCUT2D eigenvalue weighted by atomic mass is 9.94. The maximum absolute atomic E-state index is 14.4. The molecule has 1 atom stereocenters. The van der Waals surface area contributed by atoms with E-state index in [0.717, 1.165) is 59.5 Å². The van der Waals surface area contributed by atoms with Crippen molar-refractivity contribution in [1.29, 1.82) is 0 Å². The fourth-order valence-corrected chi connectivity index (χ4v) is 6.82. The highest BCUT2D eigenvalue weighted by Crippen LogP contribution is 2.29. The van der Waals surface area contributed by atoms with E-state index in [0.29, 0.717) is 12.1 Å². The smallest absolute Gasteiger partial charge is 0.244 e. The number of nitrogens with one attached hydrogen (secondary N) is 1. The third kappa shape index (κ3) is 9.16. The molecule has 4 rings (SSSR count). The number of carbonyl (C=O) groups excluding carboxylic acids is 2. The van der Waals surface area contributed by atoms with E-state index < -0.39 is 28.5 Å². The first-order valence-electron chi connectivity index (χ1n) is 15.0. The van der Waals surface area contributed by atoms with E-state index in [2.05, 4.69) is 21.2 Å². The average Bonchev–Trinajstić information content (AvgIpc) is 2.99. The van der Waals surface area contributed by atoms with Crippen LogP contribution in [0.1, 0.15) is 68.6 Å². The van der Waals surface area contributed by atoms with Crippen LogP contribution in [0.2, 0.25) is 0 Å². The number of rotatable bonds is 12. The molecule has 43 heavy (non-hydrogen) atoms. The second-order valence-corrected chi connectivity index (χ2v) is 14.5. The number of hydrogen-bond acceptors (Lipinski definition) is 4. The first-order valence-corrected chi connectivity index (χ1v) is 17.6. The van der Waals surface area contributed by atoms with Crippen LogP contribution in [0.5, 0.6) is 0 Å².